The Balaban J connectivity index is 1.61. The Labute approximate surface area is 138 Å². The number of rotatable bonds is 7. The summed E-state index contributed by atoms with van der Waals surface area (Å²) >= 11 is 0. The minimum atomic E-state index is -3.27. The highest BCUT2D eigenvalue weighted by Gasteiger charge is 2.41. The largest absolute Gasteiger partial charge is 0.212 e. The van der Waals surface area contributed by atoms with Crippen LogP contribution in [0.15, 0.2) is 60.7 Å². The predicted molar refractivity (Wildman–Crippen MR) is 93.7 cm³/mol. The van der Waals surface area contributed by atoms with E-state index >= 15 is 0 Å². The third kappa shape index (κ3) is 4.01. The fourth-order valence-electron chi connectivity index (χ4n) is 3.20. The van der Waals surface area contributed by atoms with Crippen molar-refractivity contribution < 1.29 is 8.42 Å². The summed E-state index contributed by atoms with van der Waals surface area (Å²) in [7, 11) is -3.27. The minimum Gasteiger partial charge on any atom is -0.212 e. The molecule has 0 atom stereocenters. The van der Waals surface area contributed by atoms with E-state index < -0.39 is 10.0 Å². The number of benzene rings is 2. The molecule has 0 aromatic heterocycles. The molecule has 0 radical (unpaired) electrons. The van der Waals surface area contributed by atoms with Crippen LogP contribution in [0.2, 0.25) is 0 Å². The quantitative estimate of drug-likeness (QED) is 0.843. The molecule has 4 heteroatoms. The van der Waals surface area contributed by atoms with Gasteiger partial charge in [0.2, 0.25) is 10.0 Å². The van der Waals surface area contributed by atoms with Crippen molar-refractivity contribution in [1.82, 2.24) is 4.72 Å². The Morgan fingerprint density at radius 1 is 0.913 bits per heavy atom. The fourth-order valence-corrected chi connectivity index (χ4v) is 4.74. The molecule has 0 amide bonds. The van der Waals surface area contributed by atoms with E-state index in [1.807, 2.05) is 60.7 Å². The van der Waals surface area contributed by atoms with Crippen molar-refractivity contribution >= 4 is 10.0 Å². The molecule has 0 unspecified atom stereocenters. The Morgan fingerprint density at radius 2 is 1.52 bits per heavy atom. The lowest BCUT2D eigenvalue weighted by Gasteiger charge is -2.42. The lowest BCUT2D eigenvalue weighted by atomic mass is 9.73. The van der Waals surface area contributed by atoms with Crippen LogP contribution in [0.3, 0.4) is 0 Å². The number of nitrogens with one attached hydrogen (secondary N) is 1. The zero-order chi connectivity index (χ0) is 16.2. The van der Waals surface area contributed by atoms with Gasteiger partial charge in [0, 0.05) is 0 Å². The third-order valence-electron chi connectivity index (χ3n) is 4.61. The zero-order valence-electron chi connectivity index (χ0n) is 13.2. The van der Waals surface area contributed by atoms with E-state index in [2.05, 4.69) is 4.72 Å². The van der Waals surface area contributed by atoms with Crippen LogP contribution in [0.25, 0.3) is 0 Å². The molecule has 122 valence electrons. The first kappa shape index (κ1) is 16.2. The van der Waals surface area contributed by atoms with Gasteiger partial charge >= 0.3 is 0 Å². The first-order valence-electron chi connectivity index (χ1n) is 8.21. The maximum absolute atomic E-state index is 12.5. The van der Waals surface area contributed by atoms with Crippen LogP contribution in [0.4, 0.5) is 0 Å². The van der Waals surface area contributed by atoms with Gasteiger partial charge in [0.25, 0.3) is 0 Å². The molecular weight excluding hydrogens is 306 g/mol. The Kier molecular flexibility index (Phi) is 4.83. The maximum atomic E-state index is 12.5. The van der Waals surface area contributed by atoms with E-state index in [-0.39, 0.29) is 11.3 Å². The van der Waals surface area contributed by atoms with Gasteiger partial charge in [0.1, 0.15) is 0 Å². The molecule has 1 fully saturated rings. The maximum Gasteiger partial charge on any atom is 0.212 e. The molecule has 3 nitrogen and oxygen atoms in total. The molecule has 0 aliphatic heterocycles. The number of hydrogen-bond donors (Lipinski definition) is 1. The molecule has 1 aliphatic rings. The van der Waals surface area contributed by atoms with E-state index in [0.29, 0.717) is 6.42 Å². The van der Waals surface area contributed by atoms with Crippen molar-refractivity contribution in [2.45, 2.75) is 37.6 Å². The standard InChI is InChI=1S/C19H23NO2S/c21-23(22,16-7-11-17-9-3-1-4-10-17)20-19(14-8-15-19)18-12-5-2-6-13-18/h1-6,9-10,12-13,20H,7-8,11,14-16H2. The molecule has 0 spiro atoms. The molecule has 1 saturated carbocycles. The van der Waals surface area contributed by atoms with Gasteiger partial charge in [0.05, 0.1) is 11.3 Å². The van der Waals surface area contributed by atoms with E-state index in [0.717, 1.165) is 31.2 Å². The summed E-state index contributed by atoms with van der Waals surface area (Å²) < 4.78 is 28.0. The zero-order valence-corrected chi connectivity index (χ0v) is 14.1. The number of aryl methyl sites for hydroxylation is 1. The molecular formula is C19H23NO2S. The van der Waals surface area contributed by atoms with Gasteiger partial charge in [0.15, 0.2) is 0 Å². The van der Waals surface area contributed by atoms with Gasteiger partial charge < -0.3 is 0 Å². The van der Waals surface area contributed by atoms with Crippen molar-refractivity contribution in [3.05, 3.63) is 71.8 Å². The van der Waals surface area contributed by atoms with Crippen LogP contribution in [-0.2, 0) is 22.0 Å². The average molecular weight is 329 g/mol. The summed E-state index contributed by atoms with van der Waals surface area (Å²) in [5.41, 5.74) is 1.88. The highest BCUT2D eigenvalue weighted by atomic mass is 32.2. The highest BCUT2D eigenvalue weighted by Crippen LogP contribution is 2.41. The first-order valence-corrected chi connectivity index (χ1v) is 9.86. The molecule has 0 heterocycles. The topological polar surface area (TPSA) is 46.2 Å². The minimum absolute atomic E-state index is 0.177. The van der Waals surface area contributed by atoms with Crippen LogP contribution >= 0.6 is 0 Å². The van der Waals surface area contributed by atoms with Crippen molar-refractivity contribution in [1.29, 1.82) is 0 Å². The van der Waals surface area contributed by atoms with Gasteiger partial charge in [-0.2, -0.15) is 0 Å². The lowest BCUT2D eigenvalue weighted by molar-refractivity contribution is 0.224. The van der Waals surface area contributed by atoms with Gasteiger partial charge in [-0.25, -0.2) is 13.1 Å². The Morgan fingerprint density at radius 3 is 2.09 bits per heavy atom. The monoisotopic (exact) mass is 329 g/mol. The molecule has 0 saturated heterocycles. The molecule has 2 aromatic rings. The summed E-state index contributed by atoms with van der Waals surface area (Å²) in [6, 6.07) is 20.0. The van der Waals surface area contributed by atoms with Crippen LogP contribution in [-0.4, -0.2) is 14.2 Å². The Bertz CT molecular complexity index is 722. The van der Waals surface area contributed by atoms with Crippen LogP contribution < -0.4 is 4.72 Å². The van der Waals surface area contributed by atoms with E-state index in [1.54, 1.807) is 0 Å². The van der Waals surface area contributed by atoms with Gasteiger partial charge in [-0.1, -0.05) is 60.7 Å². The Hall–Kier alpha value is -1.65. The van der Waals surface area contributed by atoms with Crippen LogP contribution in [0.5, 0.6) is 0 Å². The summed E-state index contributed by atoms with van der Waals surface area (Å²) in [4.78, 5) is 0. The third-order valence-corrected chi connectivity index (χ3v) is 6.13. The summed E-state index contributed by atoms with van der Waals surface area (Å²) in [6.07, 6.45) is 4.27. The van der Waals surface area contributed by atoms with E-state index in [4.69, 9.17) is 0 Å². The van der Waals surface area contributed by atoms with Crippen molar-refractivity contribution in [2.75, 3.05) is 5.75 Å². The number of sulfonamides is 1. The van der Waals surface area contributed by atoms with E-state index in [9.17, 15) is 8.42 Å². The second kappa shape index (κ2) is 6.85. The second-order valence-corrected chi connectivity index (χ2v) is 8.15. The van der Waals surface area contributed by atoms with Crippen molar-refractivity contribution in [2.24, 2.45) is 0 Å². The average Bonchev–Trinajstić information content (AvgIpc) is 2.53. The SMILES string of the molecule is O=S(=O)(CCCc1ccccc1)NC1(c2ccccc2)CCC1. The summed E-state index contributed by atoms with van der Waals surface area (Å²) in [6.45, 7) is 0. The van der Waals surface area contributed by atoms with Gasteiger partial charge in [-0.05, 0) is 43.2 Å². The van der Waals surface area contributed by atoms with Gasteiger partial charge in [-0.3, -0.25) is 0 Å². The van der Waals surface area contributed by atoms with Crippen molar-refractivity contribution in [3.63, 3.8) is 0 Å². The molecule has 3 rings (SSSR count). The van der Waals surface area contributed by atoms with E-state index in [1.165, 1.54) is 5.56 Å². The first-order chi connectivity index (χ1) is 11.1. The van der Waals surface area contributed by atoms with Crippen molar-refractivity contribution in [3.8, 4) is 0 Å². The molecule has 1 aliphatic carbocycles. The van der Waals surface area contributed by atoms with Crippen LogP contribution in [0.1, 0.15) is 36.8 Å². The molecule has 1 N–H and O–H groups in total. The summed E-state index contributed by atoms with van der Waals surface area (Å²) in [5, 5.41) is 0. The number of hydrogen-bond acceptors (Lipinski definition) is 2. The van der Waals surface area contributed by atoms with Gasteiger partial charge in [-0.15, -0.1) is 0 Å². The van der Waals surface area contributed by atoms with Crippen LogP contribution in [0, 0.1) is 0 Å². The predicted octanol–water partition coefficient (Wildman–Crippen LogP) is 3.62. The highest BCUT2D eigenvalue weighted by molar-refractivity contribution is 7.89. The fraction of sp³-hybridized carbons (Fsp3) is 0.368. The summed E-state index contributed by atoms with van der Waals surface area (Å²) in [5.74, 6) is 0.177. The second-order valence-electron chi connectivity index (χ2n) is 6.31. The molecule has 23 heavy (non-hydrogen) atoms. The molecule has 2 aromatic carbocycles. The molecule has 0 bridgehead atoms. The lowest BCUT2D eigenvalue weighted by Crippen LogP contribution is -2.51. The normalized spacial score (nSPS) is 16.7. The smallest absolute Gasteiger partial charge is 0.212 e.